The van der Waals surface area contributed by atoms with E-state index in [0.717, 1.165) is 0 Å². The average molecular weight is 291 g/mol. The summed E-state index contributed by atoms with van der Waals surface area (Å²) in [6, 6.07) is 3.83. The maximum absolute atomic E-state index is 11.5. The molecule has 6 nitrogen and oxygen atoms in total. The molecule has 0 atom stereocenters. The lowest BCUT2D eigenvalue weighted by Gasteiger charge is -2.06. The summed E-state index contributed by atoms with van der Waals surface area (Å²) < 4.78 is 0. The molecule has 2 N–H and O–H groups in total. The van der Waals surface area contributed by atoms with Crippen LogP contribution >= 0.6 is 23.4 Å². The maximum Gasteiger partial charge on any atom is 0.271 e. The minimum absolute atomic E-state index is 0.00445. The van der Waals surface area contributed by atoms with E-state index in [0.29, 0.717) is 5.75 Å². The van der Waals surface area contributed by atoms with Crippen LogP contribution in [-0.4, -0.2) is 34.0 Å². The predicted molar refractivity (Wildman–Crippen MR) is 71.1 cm³/mol. The third-order valence-electron chi connectivity index (χ3n) is 1.90. The van der Waals surface area contributed by atoms with Crippen LogP contribution in [0.25, 0.3) is 0 Å². The van der Waals surface area contributed by atoms with E-state index in [4.69, 9.17) is 16.7 Å². The summed E-state index contributed by atoms with van der Waals surface area (Å²) in [7, 11) is 0. The number of hydrogen-bond acceptors (Lipinski definition) is 5. The molecule has 0 aliphatic heterocycles. The molecule has 0 fully saturated rings. The minimum atomic E-state index is -0.563. The van der Waals surface area contributed by atoms with Crippen molar-refractivity contribution >= 4 is 40.6 Å². The Morgan fingerprint density at radius 2 is 2.28 bits per heavy atom. The molecule has 1 rings (SSSR count). The van der Waals surface area contributed by atoms with Crippen molar-refractivity contribution in [2.24, 2.45) is 0 Å². The van der Waals surface area contributed by atoms with Crippen molar-refractivity contribution in [3.8, 4) is 0 Å². The SMILES string of the molecule is O=C(CSCCO)Nc1cc([N+](=O)[O-])ccc1Cl. The lowest BCUT2D eigenvalue weighted by Crippen LogP contribution is -2.15. The zero-order valence-corrected chi connectivity index (χ0v) is 10.8. The first-order valence-corrected chi connectivity index (χ1v) is 6.50. The van der Waals surface area contributed by atoms with E-state index in [1.165, 1.54) is 30.0 Å². The Bertz CT molecular complexity index is 456. The second-order valence-corrected chi connectivity index (χ2v) is 4.76. The van der Waals surface area contributed by atoms with Crippen molar-refractivity contribution in [3.63, 3.8) is 0 Å². The van der Waals surface area contributed by atoms with Gasteiger partial charge in [0.05, 0.1) is 28.0 Å². The van der Waals surface area contributed by atoms with Crippen LogP contribution in [0.2, 0.25) is 5.02 Å². The number of carbonyl (C=O) groups is 1. The monoisotopic (exact) mass is 290 g/mol. The van der Waals surface area contributed by atoms with Crippen LogP contribution in [-0.2, 0) is 4.79 Å². The van der Waals surface area contributed by atoms with Crippen molar-refractivity contribution in [2.45, 2.75) is 0 Å². The zero-order chi connectivity index (χ0) is 13.5. The Balaban J connectivity index is 2.68. The van der Waals surface area contributed by atoms with Crippen LogP contribution in [0.1, 0.15) is 0 Å². The fourth-order valence-electron chi connectivity index (χ4n) is 1.14. The molecule has 0 unspecified atom stereocenters. The average Bonchev–Trinajstić information content (AvgIpc) is 2.32. The van der Waals surface area contributed by atoms with Gasteiger partial charge in [-0.1, -0.05) is 11.6 Å². The van der Waals surface area contributed by atoms with E-state index in [-0.39, 0.29) is 34.7 Å². The number of rotatable bonds is 6. The number of thioether (sulfide) groups is 1. The molecule has 0 saturated heterocycles. The van der Waals surface area contributed by atoms with Crippen LogP contribution in [0.3, 0.4) is 0 Å². The highest BCUT2D eigenvalue weighted by molar-refractivity contribution is 7.99. The maximum atomic E-state index is 11.5. The number of non-ortho nitro benzene ring substituents is 1. The topological polar surface area (TPSA) is 92.5 Å². The highest BCUT2D eigenvalue weighted by Crippen LogP contribution is 2.26. The number of halogens is 1. The van der Waals surface area contributed by atoms with Crippen molar-refractivity contribution in [1.29, 1.82) is 0 Å². The minimum Gasteiger partial charge on any atom is -0.396 e. The number of aliphatic hydroxyl groups excluding tert-OH is 1. The van der Waals surface area contributed by atoms with Gasteiger partial charge in [0, 0.05) is 17.9 Å². The van der Waals surface area contributed by atoms with E-state index in [2.05, 4.69) is 5.32 Å². The van der Waals surface area contributed by atoms with Gasteiger partial charge in [-0.05, 0) is 6.07 Å². The van der Waals surface area contributed by atoms with Gasteiger partial charge in [0.25, 0.3) is 5.69 Å². The number of hydrogen-bond donors (Lipinski definition) is 2. The first kappa shape index (κ1) is 14.7. The molecule has 1 amide bonds. The Morgan fingerprint density at radius 3 is 2.89 bits per heavy atom. The largest absolute Gasteiger partial charge is 0.396 e. The lowest BCUT2D eigenvalue weighted by molar-refractivity contribution is -0.384. The van der Waals surface area contributed by atoms with Gasteiger partial charge >= 0.3 is 0 Å². The molecule has 1 aromatic rings. The molecule has 0 saturated carbocycles. The van der Waals surface area contributed by atoms with Gasteiger partial charge < -0.3 is 10.4 Å². The number of aliphatic hydroxyl groups is 1. The third kappa shape index (κ3) is 4.52. The summed E-state index contributed by atoms with van der Waals surface area (Å²) >= 11 is 7.08. The number of amides is 1. The van der Waals surface area contributed by atoms with Crippen molar-refractivity contribution in [1.82, 2.24) is 0 Å². The molecule has 0 spiro atoms. The van der Waals surface area contributed by atoms with E-state index in [1.54, 1.807) is 0 Å². The highest BCUT2D eigenvalue weighted by Gasteiger charge is 2.11. The summed E-state index contributed by atoms with van der Waals surface area (Å²) in [6.45, 7) is -0.00445. The fourth-order valence-corrected chi connectivity index (χ4v) is 1.83. The second-order valence-electron chi connectivity index (χ2n) is 3.25. The smallest absolute Gasteiger partial charge is 0.271 e. The second kappa shape index (κ2) is 7.20. The molecule has 1 aromatic carbocycles. The van der Waals surface area contributed by atoms with Crippen molar-refractivity contribution < 1.29 is 14.8 Å². The molecule has 18 heavy (non-hydrogen) atoms. The first-order chi connectivity index (χ1) is 8.54. The summed E-state index contributed by atoms with van der Waals surface area (Å²) in [6.07, 6.45) is 0. The normalized spacial score (nSPS) is 10.1. The molecule has 0 bridgehead atoms. The number of anilines is 1. The zero-order valence-electron chi connectivity index (χ0n) is 9.26. The van der Waals surface area contributed by atoms with Gasteiger partial charge in [0.15, 0.2) is 0 Å². The van der Waals surface area contributed by atoms with Crippen LogP contribution < -0.4 is 5.32 Å². The number of benzene rings is 1. The van der Waals surface area contributed by atoms with Gasteiger partial charge in [-0.3, -0.25) is 14.9 Å². The Morgan fingerprint density at radius 1 is 1.56 bits per heavy atom. The number of nitrogens with zero attached hydrogens (tertiary/aromatic N) is 1. The quantitative estimate of drug-likeness (QED) is 0.474. The number of nitrogens with one attached hydrogen (secondary N) is 1. The number of nitro benzene ring substituents is 1. The molecular formula is C10H11ClN2O4S. The van der Waals surface area contributed by atoms with Crippen molar-refractivity contribution in [2.75, 3.05) is 23.4 Å². The first-order valence-electron chi connectivity index (χ1n) is 4.97. The molecule has 0 aromatic heterocycles. The van der Waals surface area contributed by atoms with Gasteiger partial charge in [-0.2, -0.15) is 0 Å². The fraction of sp³-hybridized carbons (Fsp3) is 0.300. The van der Waals surface area contributed by atoms with Gasteiger partial charge in [-0.25, -0.2) is 0 Å². The summed E-state index contributed by atoms with van der Waals surface area (Å²) in [5, 5.41) is 21.9. The summed E-state index contributed by atoms with van der Waals surface area (Å²) in [4.78, 5) is 21.5. The molecule has 0 heterocycles. The Hall–Kier alpha value is -1.31. The Kier molecular flexibility index (Phi) is 5.90. The van der Waals surface area contributed by atoms with E-state index < -0.39 is 4.92 Å². The van der Waals surface area contributed by atoms with Crippen LogP contribution in [0.5, 0.6) is 0 Å². The third-order valence-corrected chi connectivity index (χ3v) is 3.17. The standard InChI is InChI=1S/C10H11ClN2O4S/c11-8-2-1-7(13(16)17)5-9(8)12-10(15)6-18-4-3-14/h1-2,5,14H,3-4,6H2,(H,12,15). The molecule has 8 heteroatoms. The Labute approximate surface area is 112 Å². The van der Waals surface area contributed by atoms with E-state index in [9.17, 15) is 14.9 Å². The molecule has 98 valence electrons. The molecule has 0 aliphatic rings. The summed E-state index contributed by atoms with van der Waals surface area (Å²) in [5.74, 6) is 0.284. The van der Waals surface area contributed by atoms with Gasteiger partial charge in [0.2, 0.25) is 5.91 Å². The summed E-state index contributed by atoms with van der Waals surface area (Å²) in [5.41, 5.74) is 0.0678. The van der Waals surface area contributed by atoms with E-state index in [1.807, 2.05) is 0 Å². The number of carbonyl (C=O) groups excluding carboxylic acids is 1. The molecule has 0 radical (unpaired) electrons. The van der Waals surface area contributed by atoms with Crippen LogP contribution in [0, 0.1) is 10.1 Å². The van der Waals surface area contributed by atoms with Crippen molar-refractivity contribution in [3.05, 3.63) is 33.3 Å². The van der Waals surface area contributed by atoms with Gasteiger partial charge in [-0.15, -0.1) is 11.8 Å². The molecule has 0 aliphatic carbocycles. The van der Waals surface area contributed by atoms with Crippen LogP contribution in [0.4, 0.5) is 11.4 Å². The highest BCUT2D eigenvalue weighted by atomic mass is 35.5. The van der Waals surface area contributed by atoms with E-state index >= 15 is 0 Å². The lowest BCUT2D eigenvalue weighted by atomic mass is 10.3. The number of nitro groups is 1. The van der Waals surface area contributed by atoms with Gasteiger partial charge in [0.1, 0.15) is 0 Å². The molecular weight excluding hydrogens is 280 g/mol. The van der Waals surface area contributed by atoms with Crippen LogP contribution in [0.15, 0.2) is 18.2 Å². The predicted octanol–water partition coefficient (Wildman–Crippen LogP) is 1.91.